The van der Waals surface area contributed by atoms with E-state index in [1.54, 1.807) is 11.4 Å². The number of hydrogen-bond acceptors (Lipinski definition) is 2. The molecule has 0 bridgehead atoms. The highest BCUT2D eigenvalue weighted by molar-refractivity contribution is 9.11. The summed E-state index contributed by atoms with van der Waals surface area (Å²) in [5.74, 6) is -2.15. The van der Waals surface area contributed by atoms with Crippen LogP contribution >= 0.6 is 38.9 Å². The number of aliphatic hydroxyl groups excluding tert-OH is 1. The largest absolute Gasteiger partial charge is 0.383 e. The van der Waals surface area contributed by atoms with Gasteiger partial charge < -0.3 is 5.11 Å². The molecule has 1 aromatic carbocycles. The highest BCUT2D eigenvalue weighted by Gasteiger charge is 2.22. The van der Waals surface area contributed by atoms with Crippen molar-refractivity contribution in [1.29, 1.82) is 0 Å². The molecule has 0 aliphatic rings. The Hall–Kier alpha value is -0.490. The van der Waals surface area contributed by atoms with Gasteiger partial charge in [0, 0.05) is 10.6 Å². The van der Waals surface area contributed by atoms with Crippen LogP contribution in [0.2, 0.25) is 5.02 Å². The highest BCUT2D eigenvalue weighted by atomic mass is 79.9. The first kappa shape index (κ1) is 13.0. The third kappa shape index (κ3) is 2.52. The summed E-state index contributed by atoms with van der Waals surface area (Å²) in [4.78, 5) is 0. The molecular weight excluding hydrogens is 334 g/mol. The maximum atomic E-state index is 13.6. The Labute approximate surface area is 114 Å². The van der Waals surface area contributed by atoms with E-state index in [-0.39, 0.29) is 10.6 Å². The summed E-state index contributed by atoms with van der Waals surface area (Å²) in [6, 6.07) is 3.79. The van der Waals surface area contributed by atoms with Crippen LogP contribution in [0.4, 0.5) is 8.78 Å². The van der Waals surface area contributed by atoms with Crippen molar-refractivity contribution < 1.29 is 13.9 Å². The van der Waals surface area contributed by atoms with Crippen LogP contribution in [-0.4, -0.2) is 5.11 Å². The van der Waals surface area contributed by atoms with Gasteiger partial charge in [-0.25, -0.2) is 8.78 Å². The smallest absolute Gasteiger partial charge is 0.166 e. The highest BCUT2D eigenvalue weighted by Crippen LogP contribution is 2.34. The van der Waals surface area contributed by atoms with Gasteiger partial charge in [-0.05, 0) is 45.1 Å². The molecule has 1 N–H and O–H groups in total. The van der Waals surface area contributed by atoms with Gasteiger partial charge in [-0.15, -0.1) is 11.3 Å². The van der Waals surface area contributed by atoms with Gasteiger partial charge >= 0.3 is 0 Å². The minimum absolute atomic E-state index is 0.00118. The quantitative estimate of drug-likeness (QED) is 0.797. The summed E-state index contributed by atoms with van der Waals surface area (Å²) in [5.41, 5.74) is 0.227. The maximum Gasteiger partial charge on any atom is 0.166 e. The predicted molar refractivity (Wildman–Crippen MR) is 67.4 cm³/mol. The molecular formula is C11H6BrClF2OS. The van der Waals surface area contributed by atoms with Gasteiger partial charge in [-0.1, -0.05) is 11.6 Å². The molecule has 0 fully saturated rings. The monoisotopic (exact) mass is 338 g/mol. The fraction of sp³-hybridized carbons (Fsp3) is 0.0909. The molecule has 1 atom stereocenters. The summed E-state index contributed by atoms with van der Waals surface area (Å²) >= 11 is 10.3. The first-order chi connectivity index (χ1) is 8.00. The molecule has 0 radical (unpaired) electrons. The van der Waals surface area contributed by atoms with Crippen molar-refractivity contribution >= 4 is 38.9 Å². The lowest BCUT2D eigenvalue weighted by Crippen LogP contribution is -2.04. The first-order valence-corrected chi connectivity index (χ1v) is 6.61. The van der Waals surface area contributed by atoms with Crippen molar-refractivity contribution in [3.8, 4) is 0 Å². The van der Waals surface area contributed by atoms with Crippen molar-refractivity contribution in [2.45, 2.75) is 6.10 Å². The van der Waals surface area contributed by atoms with Gasteiger partial charge in [0.1, 0.15) is 6.10 Å². The Bertz CT molecular complexity index is 558. The summed E-state index contributed by atoms with van der Waals surface area (Å²) in [6.07, 6.45) is -1.28. The summed E-state index contributed by atoms with van der Waals surface area (Å²) < 4.78 is 27.5. The third-order valence-corrected chi connectivity index (χ3v) is 4.11. The normalized spacial score (nSPS) is 12.8. The number of hydrogen-bond donors (Lipinski definition) is 1. The Balaban J connectivity index is 2.50. The van der Waals surface area contributed by atoms with Gasteiger partial charge in [0.15, 0.2) is 11.6 Å². The zero-order chi connectivity index (χ0) is 12.6. The van der Waals surface area contributed by atoms with Crippen LogP contribution in [0.5, 0.6) is 0 Å². The van der Waals surface area contributed by atoms with E-state index in [9.17, 15) is 13.9 Å². The lowest BCUT2D eigenvalue weighted by molar-refractivity contribution is 0.214. The Morgan fingerprint density at radius 1 is 1.35 bits per heavy atom. The first-order valence-electron chi connectivity index (χ1n) is 4.56. The van der Waals surface area contributed by atoms with Crippen LogP contribution in [0.25, 0.3) is 0 Å². The fourth-order valence-corrected chi connectivity index (χ4v) is 2.87. The van der Waals surface area contributed by atoms with Crippen molar-refractivity contribution in [3.63, 3.8) is 0 Å². The Kier molecular flexibility index (Phi) is 3.82. The number of benzene rings is 1. The molecule has 2 rings (SSSR count). The van der Waals surface area contributed by atoms with E-state index in [4.69, 9.17) is 11.6 Å². The molecule has 0 aliphatic heterocycles. The van der Waals surface area contributed by atoms with Crippen LogP contribution in [-0.2, 0) is 0 Å². The van der Waals surface area contributed by atoms with E-state index in [1.807, 2.05) is 0 Å². The van der Waals surface area contributed by atoms with Gasteiger partial charge in [0.2, 0.25) is 0 Å². The average molecular weight is 340 g/mol. The molecule has 0 saturated heterocycles. The van der Waals surface area contributed by atoms with Crippen LogP contribution in [0, 0.1) is 11.6 Å². The maximum absolute atomic E-state index is 13.6. The Morgan fingerprint density at radius 2 is 2.06 bits per heavy atom. The van der Waals surface area contributed by atoms with E-state index in [0.29, 0.717) is 5.56 Å². The molecule has 0 spiro atoms. The van der Waals surface area contributed by atoms with Crippen LogP contribution in [0.1, 0.15) is 17.2 Å². The zero-order valence-electron chi connectivity index (χ0n) is 8.25. The molecule has 0 amide bonds. The van der Waals surface area contributed by atoms with E-state index >= 15 is 0 Å². The lowest BCUT2D eigenvalue weighted by Gasteiger charge is -2.12. The molecule has 2 aromatic rings. The lowest BCUT2D eigenvalue weighted by atomic mass is 10.0. The zero-order valence-corrected chi connectivity index (χ0v) is 11.4. The second-order valence-corrected chi connectivity index (χ2v) is 6.04. The summed E-state index contributed by atoms with van der Waals surface area (Å²) in [5, 5.41) is 11.6. The molecule has 1 aromatic heterocycles. The molecule has 1 nitrogen and oxygen atoms in total. The topological polar surface area (TPSA) is 20.2 Å². The second-order valence-electron chi connectivity index (χ2n) is 3.34. The SMILES string of the molecule is OC(c1csc(Br)c1)c1c(Cl)ccc(F)c1F. The van der Waals surface area contributed by atoms with Gasteiger partial charge in [0.05, 0.1) is 3.79 Å². The van der Waals surface area contributed by atoms with E-state index in [2.05, 4.69) is 15.9 Å². The number of halogens is 4. The molecule has 0 saturated carbocycles. The minimum atomic E-state index is -1.28. The predicted octanol–water partition coefficient (Wildman–Crippen LogP) is 4.52. The Morgan fingerprint density at radius 3 is 2.65 bits per heavy atom. The van der Waals surface area contributed by atoms with Gasteiger partial charge in [0.25, 0.3) is 0 Å². The average Bonchev–Trinajstić information content (AvgIpc) is 2.71. The van der Waals surface area contributed by atoms with Crippen molar-refractivity contribution in [2.24, 2.45) is 0 Å². The molecule has 1 heterocycles. The minimum Gasteiger partial charge on any atom is -0.383 e. The standard InChI is InChI=1S/C11H6BrClF2OS/c12-8-3-5(4-17-8)11(16)9-6(13)1-2-7(14)10(9)15/h1-4,11,16H. The summed E-state index contributed by atoms with van der Waals surface area (Å²) in [6.45, 7) is 0. The van der Waals surface area contributed by atoms with E-state index in [0.717, 1.165) is 9.85 Å². The van der Waals surface area contributed by atoms with Crippen LogP contribution in [0.15, 0.2) is 27.4 Å². The second kappa shape index (κ2) is 5.02. The van der Waals surface area contributed by atoms with Gasteiger partial charge in [-0.3, -0.25) is 0 Å². The molecule has 6 heteroatoms. The molecule has 90 valence electrons. The van der Waals surface area contributed by atoms with Crippen molar-refractivity contribution in [2.75, 3.05) is 0 Å². The number of aliphatic hydroxyl groups is 1. The fourth-order valence-electron chi connectivity index (χ4n) is 1.43. The van der Waals surface area contributed by atoms with E-state index < -0.39 is 17.7 Å². The van der Waals surface area contributed by atoms with E-state index in [1.165, 1.54) is 17.4 Å². The van der Waals surface area contributed by atoms with Crippen LogP contribution < -0.4 is 0 Å². The number of rotatable bonds is 2. The van der Waals surface area contributed by atoms with Crippen molar-refractivity contribution in [3.05, 3.63) is 55.1 Å². The van der Waals surface area contributed by atoms with Crippen molar-refractivity contribution in [1.82, 2.24) is 0 Å². The summed E-state index contributed by atoms with van der Waals surface area (Å²) in [7, 11) is 0. The van der Waals surface area contributed by atoms with Gasteiger partial charge in [-0.2, -0.15) is 0 Å². The third-order valence-electron chi connectivity index (χ3n) is 2.26. The van der Waals surface area contributed by atoms with Crippen LogP contribution in [0.3, 0.4) is 0 Å². The molecule has 0 aliphatic carbocycles. The molecule has 1 unspecified atom stereocenters. The number of thiophene rings is 1. The molecule has 17 heavy (non-hydrogen) atoms.